The van der Waals surface area contributed by atoms with Gasteiger partial charge in [0, 0.05) is 12.8 Å². The molecule has 0 aromatic rings. The Morgan fingerprint density at radius 3 is 1.73 bits per heavy atom. The average molecular weight is 323 g/mol. The van der Waals surface area contributed by atoms with Gasteiger partial charge in [-0.15, -0.1) is 0 Å². The van der Waals surface area contributed by atoms with Crippen LogP contribution in [0.25, 0.3) is 0 Å². The smallest absolute Gasteiger partial charge is 0.0888 e. The first-order valence-corrected chi connectivity index (χ1v) is 6.65. The third-order valence-corrected chi connectivity index (χ3v) is 4.54. The molecular formula is C13H26IN. The van der Waals surface area contributed by atoms with E-state index in [1.54, 1.807) is 0 Å². The van der Waals surface area contributed by atoms with Gasteiger partial charge in [-0.3, -0.25) is 0 Å². The van der Waals surface area contributed by atoms with Crippen molar-refractivity contribution in [3.05, 3.63) is 0 Å². The van der Waals surface area contributed by atoms with Gasteiger partial charge in [0.2, 0.25) is 0 Å². The topological polar surface area (TPSA) is 0 Å². The van der Waals surface area contributed by atoms with E-state index in [1.807, 2.05) is 0 Å². The summed E-state index contributed by atoms with van der Waals surface area (Å²) in [6.07, 6.45) is 13.5. The summed E-state index contributed by atoms with van der Waals surface area (Å²) in [5.41, 5.74) is 0. The minimum absolute atomic E-state index is 0. The molecule has 1 heterocycles. The standard InChI is InChI=1S/C13H26N.HI/c1-14(11-7-8-12-14)13-9-5-3-2-4-6-10-13;/h13H,2-12H2,1H3;1H/q+1;/p-1. The van der Waals surface area contributed by atoms with Crippen LogP contribution < -0.4 is 24.0 Å². The molecule has 2 heteroatoms. The molecule has 2 rings (SSSR count). The molecule has 0 unspecified atom stereocenters. The fourth-order valence-electron chi connectivity index (χ4n) is 3.48. The van der Waals surface area contributed by atoms with Gasteiger partial charge in [-0.25, -0.2) is 0 Å². The molecular weight excluding hydrogens is 297 g/mol. The molecule has 0 aromatic heterocycles. The quantitative estimate of drug-likeness (QED) is 0.482. The van der Waals surface area contributed by atoms with E-state index in [9.17, 15) is 0 Å². The van der Waals surface area contributed by atoms with E-state index >= 15 is 0 Å². The molecule has 1 nitrogen and oxygen atoms in total. The molecule has 0 radical (unpaired) electrons. The Kier molecular flexibility index (Phi) is 5.90. The van der Waals surface area contributed by atoms with E-state index in [4.69, 9.17) is 0 Å². The number of nitrogens with zero attached hydrogens (tertiary/aromatic N) is 1. The van der Waals surface area contributed by atoms with Crippen LogP contribution >= 0.6 is 0 Å². The summed E-state index contributed by atoms with van der Waals surface area (Å²) < 4.78 is 1.42. The van der Waals surface area contributed by atoms with Gasteiger partial charge in [-0.1, -0.05) is 19.3 Å². The van der Waals surface area contributed by atoms with Gasteiger partial charge in [0.05, 0.1) is 26.2 Å². The van der Waals surface area contributed by atoms with Crippen LogP contribution in [0.1, 0.15) is 57.8 Å². The Morgan fingerprint density at radius 2 is 1.20 bits per heavy atom. The lowest BCUT2D eigenvalue weighted by molar-refractivity contribution is -0.923. The minimum atomic E-state index is 0. The summed E-state index contributed by atoms with van der Waals surface area (Å²) in [7, 11) is 2.51. The second kappa shape index (κ2) is 6.43. The summed E-state index contributed by atoms with van der Waals surface area (Å²) in [6, 6.07) is 1.01. The molecule has 1 saturated heterocycles. The highest BCUT2D eigenvalue weighted by Gasteiger charge is 2.35. The van der Waals surface area contributed by atoms with Crippen molar-refractivity contribution in [3.63, 3.8) is 0 Å². The number of hydrogen-bond acceptors (Lipinski definition) is 0. The number of rotatable bonds is 1. The molecule has 1 aliphatic heterocycles. The number of hydrogen-bond donors (Lipinski definition) is 0. The zero-order valence-corrected chi connectivity index (χ0v) is 12.3. The third kappa shape index (κ3) is 3.58. The summed E-state index contributed by atoms with van der Waals surface area (Å²) in [5.74, 6) is 0. The van der Waals surface area contributed by atoms with Gasteiger partial charge in [-0.05, 0) is 25.7 Å². The third-order valence-electron chi connectivity index (χ3n) is 4.54. The molecule has 0 amide bonds. The highest BCUT2D eigenvalue weighted by Crippen LogP contribution is 2.29. The molecule has 0 spiro atoms. The van der Waals surface area contributed by atoms with E-state index < -0.39 is 0 Å². The van der Waals surface area contributed by atoms with E-state index in [0.717, 1.165) is 6.04 Å². The fourth-order valence-corrected chi connectivity index (χ4v) is 3.48. The van der Waals surface area contributed by atoms with Crippen molar-refractivity contribution in [2.24, 2.45) is 0 Å². The molecule has 0 N–H and O–H groups in total. The summed E-state index contributed by atoms with van der Waals surface area (Å²) in [6.45, 7) is 2.93. The van der Waals surface area contributed by atoms with Gasteiger partial charge in [0.1, 0.15) is 0 Å². The lowest BCUT2D eigenvalue weighted by atomic mass is 9.94. The minimum Gasteiger partial charge on any atom is -1.00 e. The highest BCUT2D eigenvalue weighted by molar-refractivity contribution is 4.67. The monoisotopic (exact) mass is 323 g/mol. The first-order chi connectivity index (χ1) is 6.81. The zero-order chi connectivity index (χ0) is 9.86. The van der Waals surface area contributed by atoms with Crippen molar-refractivity contribution in [2.45, 2.75) is 63.8 Å². The first kappa shape index (κ1) is 13.8. The van der Waals surface area contributed by atoms with Crippen molar-refractivity contribution < 1.29 is 28.5 Å². The fraction of sp³-hybridized carbons (Fsp3) is 1.00. The highest BCUT2D eigenvalue weighted by atomic mass is 127. The van der Waals surface area contributed by atoms with E-state index in [2.05, 4.69) is 7.05 Å². The Labute approximate surface area is 112 Å². The number of halogens is 1. The van der Waals surface area contributed by atoms with Gasteiger partial charge in [0.25, 0.3) is 0 Å². The maximum Gasteiger partial charge on any atom is 0.0888 e. The Hall–Kier alpha value is 0.690. The maximum absolute atomic E-state index is 2.51. The van der Waals surface area contributed by atoms with Crippen LogP contribution in [-0.2, 0) is 0 Å². The normalized spacial score (nSPS) is 27.8. The maximum atomic E-state index is 2.51. The van der Waals surface area contributed by atoms with Crippen LogP contribution in [-0.4, -0.2) is 30.7 Å². The van der Waals surface area contributed by atoms with Crippen LogP contribution in [0, 0.1) is 0 Å². The summed E-state index contributed by atoms with van der Waals surface area (Å²) in [4.78, 5) is 0. The molecule has 1 saturated carbocycles. The second-order valence-electron chi connectivity index (χ2n) is 5.63. The number of quaternary nitrogens is 1. The van der Waals surface area contributed by atoms with Gasteiger partial charge >= 0.3 is 0 Å². The second-order valence-corrected chi connectivity index (χ2v) is 5.63. The van der Waals surface area contributed by atoms with Gasteiger partial charge < -0.3 is 28.5 Å². The predicted octanol–water partition coefficient (Wildman–Crippen LogP) is 0.344. The predicted molar refractivity (Wildman–Crippen MR) is 61.3 cm³/mol. The molecule has 0 atom stereocenters. The Bertz CT molecular complexity index is 167. The van der Waals surface area contributed by atoms with E-state index in [1.165, 1.54) is 75.4 Å². The van der Waals surface area contributed by atoms with E-state index in [0.29, 0.717) is 0 Å². The largest absolute Gasteiger partial charge is 1.00 e. The molecule has 90 valence electrons. The van der Waals surface area contributed by atoms with Crippen LogP contribution in [0.2, 0.25) is 0 Å². The van der Waals surface area contributed by atoms with E-state index in [-0.39, 0.29) is 24.0 Å². The van der Waals surface area contributed by atoms with Gasteiger partial charge in [-0.2, -0.15) is 0 Å². The van der Waals surface area contributed by atoms with Crippen molar-refractivity contribution >= 4 is 0 Å². The van der Waals surface area contributed by atoms with Crippen LogP contribution in [0.5, 0.6) is 0 Å². The van der Waals surface area contributed by atoms with Crippen LogP contribution in [0.15, 0.2) is 0 Å². The van der Waals surface area contributed by atoms with Crippen LogP contribution in [0.4, 0.5) is 0 Å². The summed E-state index contributed by atoms with van der Waals surface area (Å²) >= 11 is 0. The van der Waals surface area contributed by atoms with Gasteiger partial charge in [0.15, 0.2) is 0 Å². The molecule has 0 aromatic carbocycles. The summed E-state index contributed by atoms with van der Waals surface area (Å²) in [5, 5.41) is 0. The average Bonchev–Trinajstić information content (AvgIpc) is 2.52. The zero-order valence-electron chi connectivity index (χ0n) is 10.2. The first-order valence-electron chi connectivity index (χ1n) is 6.65. The molecule has 2 aliphatic rings. The molecule has 2 fully saturated rings. The van der Waals surface area contributed by atoms with Crippen molar-refractivity contribution in [2.75, 3.05) is 20.1 Å². The SMILES string of the molecule is C[N+]1(C2CCCCCCC2)CCCC1.[I-]. The Balaban J connectivity index is 0.00000112. The molecule has 1 aliphatic carbocycles. The van der Waals surface area contributed by atoms with Crippen molar-refractivity contribution in [3.8, 4) is 0 Å². The molecule has 15 heavy (non-hydrogen) atoms. The lowest BCUT2D eigenvalue weighted by Gasteiger charge is -2.39. The van der Waals surface area contributed by atoms with Crippen molar-refractivity contribution in [1.29, 1.82) is 0 Å². The van der Waals surface area contributed by atoms with Crippen LogP contribution in [0.3, 0.4) is 0 Å². The van der Waals surface area contributed by atoms with Crippen molar-refractivity contribution in [1.82, 2.24) is 0 Å². The molecule has 0 bridgehead atoms. The Morgan fingerprint density at radius 1 is 0.733 bits per heavy atom. The lowest BCUT2D eigenvalue weighted by Crippen LogP contribution is -3.00. The number of likely N-dealkylation sites (tertiary alicyclic amines) is 1.